The van der Waals surface area contributed by atoms with Gasteiger partial charge in [-0.15, -0.1) is 0 Å². The molecule has 4 rings (SSSR count). The van der Waals surface area contributed by atoms with Crippen molar-refractivity contribution in [1.82, 2.24) is 4.98 Å². The molecule has 1 amide bonds. The van der Waals surface area contributed by atoms with E-state index in [1.807, 2.05) is 24.3 Å². The normalized spacial score (nSPS) is 13.9. The Morgan fingerprint density at radius 1 is 1.11 bits per heavy atom. The Bertz CT molecular complexity index is 1040. The second kappa shape index (κ2) is 7.07. The molecule has 0 atom stereocenters. The quantitative estimate of drug-likeness (QED) is 0.558. The molecular weight excluding hydrogens is 344 g/mol. The molecule has 1 aliphatic rings. The van der Waals surface area contributed by atoms with Crippen molar-refractivity contribution < 1.29 is 19.1 Å². The average Bonchev–Trinajstić information content (AvgIpc) is 3.32. The molecule has 0 aliphatic carbocycles. The Morgan fingerprint density at radius 2 is 1.96 bits per heavy atom. The number of ketones is 1. The minimum absolute atomic E-state index is 0.0605. The lowest BCUT2D eigenvalue weighted by atomic mass is 10.1. The summed E-state index contributed by atoms with van der Waals surface area (Å²) in [7, 11) is 0. The van der Waals surface area contributed by atoms with E-state index in [0.29, 0.717) is 29.8 Å². The van der Waals surface area contributed by atoms with Crippen molar-refractivity contribution in [2.24, 2.45) is 0 Å². The Labute approximate surface area is 155 Å². The zero-order chi connectivity index (χ0) is 18.8. The standard InChI is InChI=1S/C21H18N2O4/c24-19(14-5-3-6-15(11-14)23-10-4-9-20(23)25)13-27-21(26)17-12-22-18-8-2-1-7-16(17)18/h1-3,5-8,11-12,22H,4,9-10,13H2. The fraction of sp³-hybridized carbons (Fsp3) is 0.190. The number of anilines is 1. The average molecular weight is 362 g/mol. The summed E-state index contributed by atoms with van der Waals surface area (Å²) in [5.74, 6) is -0.797. The highest BCUT2D eigenvalue weighted by Gasteiger charge is 2.22. The molecule has 0 saturated carbocycles. The molecule has 136 valence electrons. The van der Waals surface area contributed by atoms with Crippen LogP contribution < -0.4 is 4.90 Å². The Kier molecular flexibility index (Phi) is 4.46. The number of amides is 1. The van der Waals surface area contributed by atoms with Gasteiger partial charge in [0.2, 0.25) is 5.91 Å². The summed E-state index contributed by atoms with van der Waals surface area (Å²) in [4.78, 5) is 41.3. The van der Waals surface area contributed by atoms with E-state index in [1.54, 1.807) is 35.4 Å². The zero-order valence-corrected chi connectivity index (χ0v) is 14.6. The summed E-state index contributed by atoms with van der Waals surface area (Å²) in [6, 6.07) is 14.3. The minimum Gasteiger partial charge on any atom is -0.454 e. The maximum Gasteiger partial charge on any atom is 0.340 e. The summed E-state index contributed by atoms with van der Waals surface area (Å²) in [6.45, 7) is 0.307. The molecule has 27 heavy (non-hydrogen) atoms. The Balaban J connectivity index is 1.45. The molecule has 1 fully saturated rings. The van der Waals surface area contributed by atoms with Crippen LogP contribution in [0.5, 0.6) is 0 Å². The molecule has 6 nitrogen and oxygen atoms in total. The number of nitrogens with one attached hydrogen (secondary N) is 1. The third kappa shape index (κ3) is 3.33. The molecule has 0 spiro atoms. The largest absolute Gasteiger partial charge is 0.454 e. The topological polar surface area (TPSA) is 79.5 Å². The maximum atomic E-state index is 12.4. The molecule has 0 radical (unpaired) electrons. The molecule has 6 heteroatoms. The molecule has 0 unspecified atom stereocenters. The summed E-state index contributed by atoms with van der Waals surface area (Å²) in [5, 5.41) is 0.754. The number of carbonyl (C=O) groups excluding carboxylic acids is 3. The molecular formula is C21H18N2O4. The summed E-state index contributed by atoms with van der Waals surface area (Å²) < 4.78 is 5.21. The van der Waals surface area contributed by atoms with Gasteiger partial charge >= 0.3 is 5.97 Å². The number of aromatic amines is 1. The van der Waals surface area contributed by atoms with Crippen LogP contribution >= 0.6 is 0 Å². The smallest absolute Gasteiger partial charge is 0.340 e. The number of para-hydroxylation sites is 1. The first kappa shape index (κ1) is 17.0. The number of carbonyl (C=O) groups is 3. The van der Waals surface area contributed by atoms with Crippen LogP contribution in [0.4, 0.5) is 5.69 Å². The molecule has 3 aromatic rings. The van der Waals surface area contributed by atoms with Gasteiger partial charge in [-0.05, 0) is 24.6 Å². The third-order valence-corrected chi connectivity index (χ3v) is 4.70. The van der Waals surface area contributed by atoms with Gasteiger partial charge < -0.3 is 14.6 Å². The number of nitrogens with zero attached hydrogens (tertiary/aromatic N) is 1. The number of Topliss-reactive ketones (excluding diaryl/α,β-unsaturated/α-hetero) is 1. The van der Waals surface area contributed by atoms with Gasteiger partial charge in [0.05, 0.1) is 5.56 Å². The molecule has 0 bridgehead atoms. The second-order valence-corrected chi connectivity index (χ2v) is 6.45. The highest BCUT2D eigenvalue weighted by molar-refractivity contribution is 6.06. The molecule has 2 heterocycles. The fourth-order valence-corrected chi connectivity index (χ4v) is 3.30. The van der Waals surface area contributed by atoms with Gasteiger partial charge in [-0.25, -0.2) is 4.79 Å². The third-order valence-electron chi connectivity index (χ3n) is 4.70. The summed E-state index contributed by atoms with van der Waals surface area (Å²) >= 11 is 0. The SMILES string of the molecule is O=C(COC(=O)c1c[nH]c2ccccc12)c1cccc(N2CCCC2=O)c1. The lowest BCUT2D eigenvalue weighted by molar-refractivity contribution is -0.117. The molecule has 1 aliphatic heterocycles. The number of aromatic nitrogens is 1. The van der Waals surface area contributed by atoms with E-state index < -0.39 is 5.97 Å². The van der Waals surface area contributed by atoms with E-state index in [2.05, 4.69) is 4.98 Å². The van der Waals surface area contributed by atoms with Crippen molar-refractivity contribution in [3.63, 3.8) is 0 Å². The predicted octanol–water partition coefficient (Wildman–Crippen LogP) is 3.33. The van der Waals surface area contributed by atoms with E-state index in [9.17, 15) is 14.4 Å². The molecule has 1 N–H and O–H groups in total. The number of hydrogen-bond donors (Lipinski definition) is 1. The summed E-state index contributed by atoms with van der Waals surface area (Å²) in [5.41, 5.74) is 2.35. The van der Waals surface area contributed by atoms with Crippen molar-refractivity contribution in [2.45, 2.75) is 12.8 Å². The highest BCUT2D eigenvalue weighted by atomic mass is 16.5. The number of benzene rings is 2. The monoisotopic (exact) mass is 362 g/mol. The van der Waals surface area contributed by atoms with Crippen molar-refractivity contribution in [2.75, 3.05) is 18.1 Å². The van der Waals surface area contributed by atoms with E-state index in [-0.39, 0.29) is 18.3 Å². The van der Waals surface area contributed by atoms with Gasteiger partial charge in [0.1, 0.15) is 0 Å². The lowest BCUT2D eigenvalue weighted by Crippen LogP contribution is -2.24. The van der Waals surface area contributed by atoms with Gasteiger partial charge in [-0.3, -0.25) is 9.59 Å². The first-order valence-electron chi connectivity index (χ1n) is 8.80. The highest BCUT2D eigenvalue weighted by Crippen LogP contribution is 2.23. The number of hydrogen-bond acceptors (Lipinski definition) is 4. The van der Waals surface area contributed by atoms with Crippen LogP contribution in [0, 0.1) is 0 Å². The molecule has 1 saturated heterocycles. The van der Waals surface area contributed by atoms with Gasteiger partial charge in [0, 0.05) is 41.3 Å². The van der Waals surface area contributed by atoms with Gasteiger partial charge in [-0.2, -0.15) is 0 Å². The van der Waals surface area contributed by atoms with Crippen molar-refractivity contribution in [1.29, 1.82) is 0 Å². The zero-order valence-electron chi connectivity index (χ0n) is 14.6. The van der Waals surface area contributed by atoms with Crippen LogP contribution in [0.15, 0.2) is 54.7 Å². The van der Waals surface area contributed by atoms with Crippen LogP contribution in [-0.4, -0.2) is 35.8 Å². The van der Waals surface area contributed by atoms with Crippen molar-refractivity contribution in [3.8, 4) is 0 Å². The van der Waals surface area contributed by atoms with Crippen molar-refractivity contribution in [3.05, 3.63) is 65.9 Å². The number of H-pyrrole nitrogens is 1. The number of ether oxygens (including phenoxy) is 1. The van der Waals surface area contributed by atoms with Gasteiger partial charge in [0.15, 0.2) is 12.4 Å². The number of fused-ring (bicyclic) bond motifs is 1. The predicted molar refractivity (Wildman–Crippen MR) is 101 cm³/mol. The van der Waals surface area contributed by atoms with Crippen LogP contribution in [0.1, 0.15) is 33.6 Å². The maximum absolute atomic E-state index is 12.4. The van der Waals surface area contributed by atoms with E-state index in [1.165, 1.54) is 0 Å². The van der Waals surface area contributed by atoms with Crippen LogP contribution in [-0.2, 0) is 9.53 Å². The van der Waals surface area contributed by atoms with E-state index in [0.717, 1.165) is 17.3 Å². The van der Waals surface area contributed by atoms with Gasteiger partial charge in [-0.1, -0.05) is 30.3 Å². The lowest BCUT2D eigenvalue weighted by Gasteiger charge is -2.16. The van der Waals surface area contributed by atoms with Crippen molar-refractivity contribution >= 4 is 34.3 Å². The second-order valence-electron chi connectivity index (χ2n) is 6.45. The first-order valence-corrected chi connectivity index (χ1v) is 8.80. The van der Waals surface area contributed by atoms with Crippen LogP contribution in [0.2, 0.25) is 0 Å². The van der Waals surface area contributed by atoms with Gasteiger partial charge in [0.25, 0.3) is 0 Å². The van der Waals surface area contributed by atoms with E-state index in [4.69, 9.17) is 4.74 Å². The first-order chi connectivity index (χ1) is 13.1. The molecule has 1 aromatic heterocycles. The van der Waals surface area contributed by atoms with Crippen LogP contribution in [0.25, 0.3) is 10.9 Å². The Morgan fingerprint density at radius 3 is 2.78 bits per heavy atom. The van der Waals surface area contributed by atoms with Crippen LogP contribution in [0.3, 0.4) is 0 Å². The molecule has 2 aromatic carbocycles. The fourth-order valence-electron chi connectivity index (χ4n) is 3.30. The summed E-state index contributed by atoms with van der Waals surface area (Å²) in [6.07, 6.45) is 2.93. The minimum atomic E-state index is -0.549. The number of esters is 1. The van der Waals surface area contributed by atoms with E-state index >= 15 is 0 Å². The number of rotatable bonds is 5. The Hall–Kier alpha value is -3.41.